The van der Waals surface area contributed by atoms with Crippen molar-refractivity contribution in [3.8, 4) is 6.07 Å². The second kappa shape index (κ2) is 3.49. The van der Waals surface area contributed by atoms with Gasteiger partial charge in [-0.05, 0) is 11.8 Å². The second-order valence-electron chi connectivity index (χ2n) is 5.02. The van der Waals surface area contributed by atoms with E-state index in [0.717, 1.165) is 6.42 Å². The Bertz CT molecular complexity index is 319. The lowest BCUT2D eigenvalue weighted by Crippen LogP contribution is -2.46. The summed E-state index contributed by atoms with van der Waals surface area (Å²) in [5, 5.41) is 8.73. The SMILES string of the molecule is CC1(C)CC1C(=O)N1CCOC(C#N)C1. The van der Waals surface area contributed by atoms with Gasteiger partial charge in [0.05, 0.1) is 19.2 Å². The highest BCUT2D eigenvalue weighted by Crippen LogP contribution is 2.52. The average Bonchev–Trinajstić information content (AvgIpc) is 2.87. The summed E-state index contributed by atoms with van der Waals surface area (Å²) < 4.78 is 5.20. The maximum Gasteiger partial charge on any atom is 0.226 e. The molecule has 1 aliphatic heterocycles. The first-order chi connectivity index (χ1) is 7.04. The maximum absolute atomic E-state index is 12.0. The molecule has 0 aromatic rings. The molecule has 0 spiro atoms. The van der Waals surface area contributed by atoms with Gasteiger partial charge in [0.15, 0.2) is 6.10 Å². The number of nitrogens with zero attached hydrogens (tertiary/aromatic N) is 2. The van der Waals surface area contributed by atoms with E-state index in [4.69, 9.17) is 10.00 Å². The molecule has 1 aliphatic carbocycles. The van der Waals surface area contributed by atoms with Crippen LogP contribution in [0.2, 0.25) is 0 Å². The second-order valence-corrected chi connectivity index (χ2v) is 5.02. The number of ether oxygens (including phenoxy) is 1. The van der Waals surface area contributed by atoms with Crippen molar-refractivity contribution in [3.05, 3.63) is 0 Å². The van der Waals surface area contributed by atoms with E-state index in [-0.39, 0.29) is 17.2 Å². The summed E-state index contributed by atoms with van der Waals surface area (Å²) in [5.41, 5.74) is 0.164. The van der Waals surface area contributed by atoms with Gasteiger partial charge in [0.1, 0.15) is 0 Å². The van der Waals surface area contributed by atoms with Crippen molar-refractivity contribution in [1.82, 2.24) is 4.90 Å². The minimum Gasteiger partial charge on any atom is -0.360 e. The first-order valence-corrected chi connectivity index (χ1v) is 5.34. The zero-order valence-electron chi connectivity index (χ0n) is 9.19. The molecule has 2 unspecified atom stereocenters. The molecule has 1 heterocycles. The first kappa shape index (κ1) is 10.4. The highest BCUT2D eigenvalue weighted by molar-refractivity contribution is 5.82. The Morgan fingerprint density at radius 3 is 2.80 bits per heavy atom. The van der Waals surface area contributed by atoms with Crippen LogP contribution in [-0.2, 0) is 9.53 Å². The minimum absolute atomic E-state index is 0.162. The van der Waals surface area contributed by atoms with Crippen LogP contribution in [0.25, 0.3) is 0 Å². The molecule has 2 fully saturated rings. The Morgan fingerprint density at radius 1 is 1.60 bits per heavy atom. The lowest BCUT2D eigenvalue weighted by atomic mass is 10.1. The van der Waals surface area contributed by atoms with E-state index in [0.29, 0.717) is 19.7 Å². The van der Waals surface area contributed by atoms with Crippen LogP contribution in [-0.4, -0.2) is 36.6 Å². The predicted molar refractivity (Wildman–Crippen MR) is 53.8 cm³/mol. The molecule has 1 amide bonds. The number of hydrogen-bond donors (Lipinski definition) is 0. The fourth-order valence-electron chi connectivity index (χ4n) is 2.04. The van der Waals surface area contributed by atoms with Crippen LogP contribution in [0.4, 0.5) is 0 Å². The van der Waals surface area contributed by atoms with Crippen LogP contribution in [0.5, 0.6) is 0 Å². The van der Waals surface area contributed by atoms with Crippen molar-refractivity contribution >= 4 is 5.91 Å². The van der Waals surface area contributed by atoms with Gasteiger partial charge in [-0.2, -0.15) is 5.26 Å². The van der Waals surface area contributed by atoms with Crippen molar-refractivity contribution in [2.24, 2.45) is 11.3 Å². The smallest absolute Gasteiger partial charge is 0.226 e. The van der Waals surface area contributed by atoms with E-state index < -0.39 is 6.10 Å². The Balaban J connectivity index is 1.94. The number of morpholine rings is 1. The van der Waals surface area contributed by atoms with E-state index in [9.17, 15) is 4.79 Å². The molecular formula is C11H16N2O2. The van der Waals surface area contributed by atoms with Crippen molar-refractivity contribution in [2.75, 3.05) is 19.7 Å². The minimum atomic E-state index is -0.440. The summed E-state index contributed by atoms with van der Waals surface area (Å²) in [6, 6.07) is 2.05. The van der Waals surface area contributed by atoms with Gasteiger partial charge in [-0.15, -0.1) is 0 Å². The van der Waals surface area contributed by atoms with Crippen LogP contribution in [0, 0.1) is 22.7 Å². The monoisotopic (exact) mass is 208 g/mol. The molecule has 2 rings (SSSR count). The standard InChI is InChI=1S/C11H16N2O2/c1-11(2)5-9(11)10(14)13-3-4-15-8(6-12)7-13/h8-9H,3-5,7H2,1-2H3. The Hall–Kier alpha value is -1.08. The highest BCUT2D eigenvalue weighted by atomic mass is 16.5. The summed E-state index contributed by atoms with van der Waals surface area (Å²) in [4.78, 5) is 13.8. The lowest BCUT2D eigenvalue weighted by molar-refractivity contribution is -0.139. The van der Waals surface area contributed by atoms with Crippen LogP contribution in [0.1, 0.15) is 20.3 Å². The molecule has 2 atom stereocenters. The molecule has 0 aromatic heterocycles. The molecule has 15 heavy (non-hydrogen) atoms. The Morgan fingerprint density at radius 2 is 2.27 bits per heavy atom. The normalized spacial score (nSPS) is 33.3. The number of amides is 1. The van der Waals surface area contributed by atoms with Crippen LogP contribution < -0.4 is 0 Å². The molecule has 82 valence electrons. The van der Waals surface area contributed by atoms with Gasteiger partial charge in [-0.1, -0.05) is 13.8 Å². The molecule has 0 radical (unpaired) electrons. The van der Waals surface area contributed by atoms with Crippen molar-refractivity contribution in [1.29, 1.82) is 5.26 Å². The van der Waals surface area contributed by atoms with Crippen LogP contribution in [0.15, 0.2) is 0 Å². The number of carbonyl (C=O) groups excluding carboxylic acids is 1. The lowest BCUT2D eigenvalue weighted by Gasteiger charge is -2.30. The third-order valence-corrected chi connectivity index (χ3v) is 3.33. The molecule has 2 aliphatic rings. The van der Waals surface area contributed by atoms with E-state index in [1.165, 1.54) is 0 Å². The molecule has 4 nitrogen and oxygen atoms in total. The summed E-state index contributed by atoms with van der Waals surface area (Å²) in [6.45, 7) is 5.76. The summed E-state index contributed by atoms with van der Waals surface area (Å²) in [7, 11) is 0. The quantitative estimate of drug-likeness (QED) is 0.640. The fourth-order valence-corrected chi connectivity index (χ4v) is 2.04. The Labute approximate surface area is 89.8 Å². The van der Waals surface area contributed by atoms with E-state index in [1.807, 2.05) is 0 Å². The average molecular weight is 208 g/mol. The third-order valence-electron chi connectivity index (χ3n) is 3.33. The number of nitriles is 1. The molecule has 4 heteroatoms. The number of carbonyl (C=O) groups is 1. The van der Waals surface area contributed by atoms with Gasteiger partial charge >= 0.3 is 0 Å². The zero-order valence-corrected chi connectivity index (χ0v) is 9.19. The summed E-state index contributed by atoms with van der Waals surface area (Å²) >= 11 is 0. The van der Waals surface area contributed by atoms with Crippen LogP contribution >= 0.6 is 0 Å². The molecule has 0 N–H and O–H groups in total. The topological polar surface area (TPSA) is 53.3 Å². The summed E-state index contributed by atoms with van der Waals surface area (Å²) in [6.07, 6.45) is 0.532. The summed E-state index contributed by atoms with van der Waals surface area (Å²) in [5.74, 6) is 0.360. The third kappa shape index (κ3) is 1.98. The van der Waals surface area contributed by atoms with E-state index >= 15 is 0 Å². The zero-order chi connectivity index (χ0) is 11.1. The van der Waals surface area contributed by atoms with E-state index in [1.54, 1.807) is 4.90 Å². The van der Waals surface area contributed by atoms with Gasteiger partial charge in [0.25, 0.3) is 0 Å². The maximum atomic E-state index is 12.0. The van der Waals surface area contributed by atoms with Gasteiger partial charge in [0, 0.05) is 12.5 Å². The van der Waals surface area contributed by atoms with Gasteiger partial charge < -0.3 is 9.64 Å². The van der Waals surface area contributed by atoms with E-state index in [2.05, 4.69) is 19.9 Å². The van der Waals surface area contributed by atoms with Crippen molar-refractivity contribution in [2.45, 2.75) is 26.4 Å². The number of rotatable bonds is 1. The number of hydrogen-bond acceptors (Lipinski definition) is 3. The van der Waals surface area contributed by atoms with Crippen LogP contribution in [0.3, 0.4) is 0 Å². The highest BCUT2D eigenvalue weighted by Gasteiger charge is 2.52. The molecule has 1 saturated carbocycles. The molecular weight excluding hydrogens is 192 g/mol. The predicted octanol–water partition coefficient (Wildman–Crippen LogP) is 0.783. The van der Waals surface area contributed by atoms with Gasteiger partial charge in [-0.25, -0.2) is 0 Å². The fraction of sp³-hybridized carbons (Fsp3) is 0.818. The van der Waals surface area contributed by atoms with Gasteiger partial charge in [0.2, 0.25) is 5.91 Å². The molecule has 0 bridgehead atoms. The van der Waals surface area contributed by atoms with Crippen molar-refractivity contribution < 1.29 is 9.53 Å². The molecule has 1 saturated heterocycles. The first-order valence-electron chi connectivity index (χ1n) is 5.34. The largest absolute Gasteiger partial charge is 0.360 e. The Kier molecular flexibility index (Phi) is 2.43. The molecule has 0 aromatic carbocycles. The van der Waals surface area contributed by atoms with Crippen molar-refractivity contribution in [3.63, 3.8) is 0 Å². The van der Waals surface area contributed by atoms with Gasteiger partial charge in [-0.3, -0.25) is 4.79 Å².